The molecular formula is C28H21Cl3N2O3. The van der Waals surface area contributed by atoms with Crippen molar-refractivity contribution in [1.29, 1.82) is 0 Å². The lowest BCUT2D eigenvalue weighted by Gasteiger charge is -2.11. The lowest BCUT2D eigenvalue weighted by Crippen LogP contribution is -2.18. The normalized spacial score (nSPS) is 10.9. The number of hydrazone groups is 1. The van der Waals surface area contributed by atoms with E-state index in [1.165, 1.54) is 0 Å². The van der Waals surface area contributed by atoms with Gasteiger partial charge in [-0.05, 0) is 65.7 Å². The molecule has 0 fully saturated rings. The minimum Gasteiger partial charge on any atom is -0.489 e. The molecule has 0 spiro atoms. The Morgan fingerprint density at radius 3 is 2.31 bits per heavy atom. The molecular weight excluding hydrogens is 519 g/mol. The molecule has 36 heavy (non-hydrogen) atoms. The van der Waals surface area contributed by atoms with Gasteiger partial charge in [-0.1, -0.05) is 71.2 Å². The third-order valence-electron chi connectivity index (χ3n) is 5.12. The van der Waals surface area contributed by atoms with Crippen molar-refractivity contribution in [2.24, 2.45) is 5.10 Å². The Morgan fingerprint density at radius 2 is 1.53 bits per heavy atom. The van der Waals surface area contributed by atoms with Gasteiger partial charge in [-0.2, -0.15) is 5.10 Å². The van der Waals surface area contributed by atoms with E-state index in [2.05, 4.69) is 10.5 Å². The quantitative estimate of drug-likeness (QED) is 0.176. The van der Waals surface area contributed by atoms with Crippen molar-refractivity contribution in [3.63, 3.8) is 0 Å². The molecule has 0 aliphatic heterocycles. The number of carbonyl (C=O) groups is 1. The van der Waals surface area contributed by atoms with Crippen molar-refractivity contribution in [2.75, 3.05) is 0 Å². The standard InChI is InChI=1S/C28H21Cl3N2O3/c29-24-7-3-1-5-21(24)18-36-27-8-4-2-6-23(27)28(34)33-32-16-19-9-12-22(13-10-19)35-17-20-11-14-25(30)26(31)15-20/h1-16H,17-18H2,(H,33,34)/b32-16-. The molecule has 0 unspecified atom stereocenters. The maximum absolute atomic E-state index is 12.7. The molecule has 0 saturated carbocycles. The zero-order valence-electron chi connectivity index (χ0n) is 19.0. The van der Waals surface area contributed by atoms with Gasteiger partial charge in [-0.25, -0.2) is 5.43 Å². The summed E-state index contributed by atoms with van der Waals surface area (Å²) in [5.41, 5.74) is 5.44. The van der Waals surface area contributed by atoms with Gasteiger partial charge < -0.3 is 9.47 Å². The predicted molar refractivity (Wildman–Crippen MR) is 145 cm³/mol. The van der Waals surface area contributed by atoms with E-state index in [1.54, 1.807) is 48.7 Å². The zero-order chi connectivity index (χ0) is 25.3. The molecule has 182 valence electrons. The lowest BCUT2D eigenvalue weighted by molar-refractivity contribution is 0.0950. The summed E-state index contributed by atoms with van der Waals surface area (Å²) < 4.78 is 11.6. The Kier molecular flexibility index (Phi) is 8.85. The van der Waals surface area contributed by atoms with Crippen LogP contribution in [0.5, 0.6) is 11.5 Å². The predicted octanol–water partition coefficient (Wildman–Crippen LogP) is 7.57. The van der Waals surface area contributed by atoms with Gasteiger partial charge in [-0.3, -0.25) is 4.79 Å². The van der Waals surface area contributed by atoms with Crippen molar-refractivity contribution in [1.82, 2.24) is 5.43 Å². The average Bonchev–Trinajstić information content (AvgIpc) is 2.90. The Bertz CT molecular complexity index is 1370. The van der Waals surface area contributed by atoms with E-state index >= 15 is 0 Å². The molecule has 1 N–H and O–H groups in total. The molecule has 0 heterocycles. The molecule has 4 aromatic carbocycles. The summed E-state index contributed by atoms with van der Waals surface area (Å²) in [6, 6.07) is 27.0. The maximum Gasteiger partial charge on any atom is 0.275 e. The molecule has 0 saturated heterocycles. The lowest BCUT2D eigenvalue weighted by atomic mass is 10.2. The summed E-state index contributed by atoms with van der Waals surface area (Å²) in [5.74, 6) is 0.739. The van der Waals surface area contributed by atoms with Crippen LogP contribution in [-0.4, -0.2) is 12.1 Å². The second-order valence-electron chi connectivity index (χ2n) is 7.68. The monoisotopic (exact) mass is 538 g/mol. The highest BCUT2D eigenvalue weighted by Crippen LogP contribution is 2.24. The molecule has 0 bridgehead atoms. The Labute approximate surface area is 224 Å². The number of rotatable bonds is 9. The minimum absolute atomic E-state index is 0.243. The van der Waals surface area contributed by atoms with Crippen LogP contribution >= 0.6 is 34.8 Å². The van der Waals surface area contributed by atoms with Crippen molar-refractivity contribution in [3.8, 4) is 11.5 Å². The third-order valence-corrected chi connectivity index (χ3v) is 6.23. The molecule has 0 aliphatic carbocycles. The van der Waals surface area contributed by atoms with Crippen LogP contribution in [-0.2, 0) is 13.2 Å². The highest BCUT2D eigenvalue weighted by atomic mass is 35.5. The number of halogens is 3. The average molecular weight is 540 g/mol. The molecule has 0 radical (unpaired) electrons. The Balaban J connectivity index is 1.31. The molecule has 0 aromatic heterocycles. The molecule has 0 aliphatic rings. The maximum atomic E-state index is 12.7. The van der Waals surface area contributed by atoms with Crippen molar-refractivity contribution in [3.05, 3.63) is 128 Å². The first-order valence-electron chi connectivity index (χ1n) is 10.9. The van der Waals surface area contributed by atoms with Crippen LogP contribution in [0.15, 0.2) is 96.1 Å². The molecule has 1 amide bonds. The first kappa shape index (κ1) is 25.6. The second kappa shape index (κ2) is 12.5. The first-order chi connectivity index (χ1) is 17.5. The van der Waals surface area contributed by atoms with Crippen molar-refractivity contribution in [2.45, 2.75) is 13.2 Å². The topological polar surface area (TPSA) is 59.9 Å². The van der Waals surface area contributed by atoms with Crippen LogP contribution in [0.25, 0.3) is 0 Å². The number of hydrogen-bond acceptors (Lipinski definition) is 4. The largest absolute Gasteiger partial charge is 0.489 e. The van der Waals surface area contributed by atoms with Crippen LogP contribution in [0.1, 0.15) is 27.0 Å². The van der Waals surface area contributed by atoms with E-state index in [1.807, 2.05) is 48.5 Å². The molecule has 0 atom stereocenters. The Hall–Kier alpha value is -3.51. The van der Waals surface area contributed by atoms with E-state index in [0.29, 0.717) is 38.7 Å². The van der Waals surface area contributed by atoms with Gasteiger partial charge in [0.25, 0.3) is 5.91 Å². The van der Waals surface area contributed by atoms with Gasteiger partial charge in [0.1, 0.15) is 24.7 Å². The summed E-state index contributed by atoms with van der Waals surface area (Å²) in [7, 11) is 0. The number of hydrogen-bond donors (Lipinski definition) is 1. The number of para-hydroxylation sites is 1. The third kappa shape index (κ3) is 7.01. The molecule has 8 heteroatoms. The smallest absolute Gasteiger partial charge is 0.275 e. The number of amides is 1. The fourth-order valence-electron chi connectivity index (χ4n) is 3.22. The van der Waals surface area contributed by atoms with Crippen molar-refractivity contribution >= 4 is 46.9 Å². The number of benzene rings is 4. The number of nitrogens with one attached hydrogen (secondary N) is 1. The van der Waals surface area contributed by atoms with Gasteiger partial charge in [0.15, 0.2) is 0 Å². The number of ether oxygens (including phenoxy) is 2. The van der Waals surface area contributed by atoms with Gasteiger partial charge in [0.05, 0.1) is 21.8 Å². The van der Waals surface area contributed by atoms with E-state index in [0.717, 1.165) is 16.7 Å². The van der Waals surface area contributed by atoms with Crippen LogP contribution in [0.3, 0.4) is 0 Å². The Morgan fingerprint density at radius 1 is 0.778 bits per heavy atom. The van der Waals surface area contributed by atoms with Gasteiger partial charge in [0, 0.05) is 10.6 Å². The first-order valence-corrected chi connectivity index (χ1v) is 12.1. The highest BCUT2D eigenvalue weighted by Gasteiger charge is 2.12. The minimum atomic E-state index is -0.386. The van der Waals surface area contributed by atoms with Crippen LogP contribution in [0, 0.1) is 0 Å². The van der Waals surface area contributed by atoms with E-state index in [-0.39, 0.29) is 12.5 Å². The summed E-state index contributed by atoms with van der Waals surface area (Å²) in [6.45, 7) is 0.602. The fourth-order valence-corrected chi connectivity index (χ4v) is 3.73. The van der Waals surface area contributed by atoms with Crippen LogP contribution < -0.4 is 14.9 Å². The summed E-state index contributed by atoms with van der Waals surface area (Å²) in [5, 5.41) is 5.66. The fraction of sp³-hybridized carbons (Fsp3) is 0.0714. The van der Waals surface area contributed by atoms with Crippen LogP contribution in [0.4, 0.5) is 0 Å². The SMILES string of the molecule is O=C(N/N=C\c1ccc(OCc2ccc(Cl)c(Cl)c2)cc1)c1ccccc1OCc1ccccc1Cl. The molecule has 5 nitrogen and oxygen atoms in total. The summed E-state index contributed by atoms with van der Waals surface area (Å²) >= 11 is 18.2. The van der Waals surface area contributed by atoms with Gasteiger partial charge in [-0.15, -0.1) is 0 Å². The number of nitrogens with zero attached hydrogens (tertiary/aromatic N) is 1. The van der Waals surface area contributed by atoms with E-state index < -0.39 is 0 Å². The van der Waals surface area contributed by atoms with Gasteiger partial charge in [0.2, 0.25) is 0 Å². The summed E-state index contributed by atoms with van der Waals surface area (Å²) in [6.07, 6.45) is 1.55. The summed E-state index contributed by atoms with van der Waals surface area (Å²) in [4.78, 5) is 12.7. The second-order valence-corrected chi connectivity index (χ2v) is 8.90. The highest BCUT2D eigenvalue weighted by molar-refractivity contribution is 6.42. The van der Waals surface area contributed by atoms with Crippen molar-refractivity contribution < 1.29 is 14.3 Å². The van der Waals surface area contributed by atoms with E-state index in [9.17, 15) is 4.79 Å². The van der Waals surface area contributed by atoms with Crippen LogP contribution in [0.2, 0.25) is 15.1 Å². The zero-order valence-corrected chi connectivity index (χ0v) is 21.2. The van der Waals surface area contributed by atoms with Gasteiger partial charge >= 0.3 is 0 Å². The van der Waals surface area contributed by atoms with E-state index in [4.69, 9.17) is 44.3 Å². The number of carbonyl (C=O) groups excluding carboxylic acids is 1. The molecule has 4 aromatic rings. The molecule has 4 rings (SSSR count).